The van der Waals surface area contributed by atoms with Crippen molar-refractivity contribution in [3.63, 3.8) is 0 Å². The van der Waals surface area contributed by atoms with Gasteiger partial charge in [-0.3, -0.25) is 15.6 Å². The summed E-state index contributed by atoms with van der Waals surface area (Å²) in [5.41, 5.74) is 6.47. The van der Waals surface area contributed by atoms with Gasteiger partial charge < -0.3 is 4.74 Å². The van der Waals surface area contributed by atoms with E-state index >= 15 is 0 Å². The molecule has 0 saturated carbocycles. The van der Waals surface area contributed by atoms with Crippen LogP contribution in [-0.2, 0) is 11.2 Å². The fraction of sp³-hybridized carbons (Fsp3) is 0.133. The number of amides is 1. The van der Waals surface area contributed by atoms with Gasteiger partial charge in [0, 0.05) is 5.02 Å². The number of methoxy groups -OCH3 is 1. The SMILES string of the molecule is COc1cccc(CC(=O)NNc2c(Cl)cc(Cl)cc2Cl)c1. The van der Waals surface area contributed by atoms with Gasteiger partial charge in [0.25, 0.3) is 0 Å². The van der Waals surface area contributed by atoms with E-state index in [1.54, 1.807) is 13.2 Å². The van der Waals surface area contributed by atoms with Crippen molar-refractivity contribution in [3.05, 3.63) is 57.0 Å². The summed E-state index contributed by atoms with van der Waals surface area (Å²) < 4.78 is 5.11. The average molecular weight is 360 g/mol. The summed E-state index contributed by atoms with van der Waals surface area (Å²) in [6, 6.07) is 10.3. The zero-order chi connectivity index (χ0) is 16.1. The molecule has 7 heteroatoms. The lowest BCUT2D eigenvalue weighted by molar-refractivity contribution is -0.119. The smallest absolute Gasteiger partial charge is 0.242 e. The highest BCUT2D eigenvalue weighted by Gasteiger charge is 2.09. The number of anilines is 1. The quantitative estimate of drug-likeness (QED) is 0.781. The van der Waals surface area contributed by atoms with Crippen LogP contribution in [0.4, 0.5) is 5.69 Å². The van der Waals surface area contributed by atoms with E-state index in [4.69, 9.17) is 39.5 Å². The molecule has 0 aliphatic rings. The standard InChI is InChI=1S/C15H13Cl3N2O2/c1-22-11-4-2-3-9(5-11)6-14(21)19-20-15-12(17)7-10(16)8-13(15)18/h2-5,7-8,20H,6H2,1H3,(H,19,21). The van der Waals surface area contributed by atoms with E-state index in [9.17, 15) is 4.79 Å². The Kier molecular flexibility index (Phi) is 5.77. The third-order valence-corrected chi connectivity index (χ3v) is 3.65. The maximum Gasteiger partial charge on any atom is 0.242 e. The van der Waals surface area contributed by atoms with Crippen molar-refractivity contribution in [3.8, 4) is 5.75 Å². The molecule has 0 radical (unpaired) electrons. The van der Waals surface area contributed by atoms with Crippen LogP contribution in [0.5, 0.6) is 5.75 Å². The minimum Gasteiger partial charge on any atom is -0.497 e. The predicted octanol–water partition coefficient (Wildman–Crippen LogP) is 4.34. The van der Waals surface area contributed by atoms with Gasteiger partial charge in [-0.15, -0.1) is 0 Å². The third kappa shape index (κ3) is 4.44. The Labute approximate surface area is 143 Å². The lowest BCUT2D eigenvalue weighted by atomic mass is 10.1. The molecule has 0 saturated heterocycles. The first-order chi connectivity index (χ1) is 10.5. The number of carbonyl (C=O) groups is 1. The van der Waals surface area contributed by atoms with E-state index in [-0.39, 0.29) is 12.3 Å². The zero-order valence-corrected chi connectivity index (χ0v) is 13.9. The first-order valence-electron chi connectivity index (χ1n) is 6.32. The molecule has 2 rings (SSSR count). The van der Waals surface area contributed by atoms with Crippen molar-refractivity contribution in [1.29, 1.82) is 0 Å². The molecular formula is C15H13Cl3N2O2. The van der Waals surface area contributed by atoms with Gasteiger partial charge in [-0.25, -0.2) is 0 Å². The number of carbonyl (C=O) groups excluding carboxylic acids is 1. The van der Waals surface area contributed by atoms with E-state index in [1.807, 2.05) is 18.2 Å². The molecule has 2 aromatic carbocycles. The van der Waals surface area contributed by atoms with E-state index in [0.29, 0.717) is 26.5 Å². The minimum absolute atomic E-state index is 0.188. The Hall–Kier alpha value is -1.62. The van der Waals surface area contributed by atoms with Gasteiger partial charge in [-0.2, -0.15) is 0 Å². The van der Waals surface area contributed by atoms with Crippen LogP contribution < -0.4 is 15.6 Å². The predicted molar refractivity (Wildman–Crippen MR) is 89.9 cm³/mol. The van der Waals surface area contributed by atoms with Gasteiger partial charge in [-0.1, -0.05) is 46.9 Å². The number of nitrogens with one attached hydrogen (secondary N) is 2. The monoisotopic (exact) mass is 358 g/mol. The molecule has 116 valence electrons. The molecule has 2 aromatic rings. The van der Waals surface area contributed by atoms with Crippen molar-refractivity contribution in [2.24, 2.45) is 0 Å². The molecule has 22 heavy (non-hydrogen) atoms. The van der Waals surface area contributed by atoms with Gasteiger partial charge in [0.05, 0.1) is 29.3 Å². The summed E-state index contributed by atoms with van der Waals surface area (Å²) in [5, 5.41) is 1.06. The maximum atomic E-state index is 11.9. The normalized spacial score (nSPS) is 10.2. The summed E-state index contributed by atoms with van der Waals surface area (Å²) in [6.07, 6.45) is 0.188. The van der Waals surface area contributed by atoms with Crippen LogP contribution in [0.1, 0.15) is 5.56 Å². The van der Waals surface area contributed by atoms with E-state index < -0.39 is 0 Å². The van der Waals surface area contributed by atoms with E-state index in [2.05, 4.69) is 10.9 Å². The number of hydrazine groups is 1. The second kappa shape index (κ2) is 7.58. The summed E-state index contributed by atoms with van der Waals surface area (Å²) >= 11 is 17.9. The van der Waals surface area contributed by atoms with Gasteiger partial charge >= 0.3 is 0 Å². The first kappa shape index (κ1) is 16.7. The summed E-state index contributed by atoms with van der Waals surface area (Å²) in [4.78, 5) is 11.9. The lowest BCUT2D eigenvalue weighted by Gasteiger charge is -2.12. The molecule has 0 spiro atoms. The van der Waals surface area contributed by atoms with Crippen molar-refractivity contribution < 1.29 is 9.53 Å². The molecule has 0 heterocycles. The number of hydrogen-bond donors (Lipinski definition) is 2. The highest BCUT2D eigenvalue weighted by atomic mass is 35.5. The van der Waals surface area contributed by atoms with Crippen LogP contribution in [0.3, 0.4) is 0 Å². The Morgan fingerprint density at radius 3 is 2.45 bits per heavy atom. The number of ether oxygens (including phenoxy) is 1. The topological polar surface area (TPSA) is 50.4 Å². The van der Waals surface area contributed by atoms with Crippen LogP contribution in [0.2, 0.25) is 15.1 Å². The molecule has 4 nitrogen and oxygen atoms in total. The Bertz CT molecular complexity index is 669. The van der Waals surface area contributed by atoms with Crippen LogP contribution in [0.25, 0.3) is 0 Å². The zero-order valence-electron chi connectivity index (χ0n) is 11.6. The molecule has 0 unspecified atom stereocenters. The number of benzene rings is 2. The molecule has 0 fully saturated rings. The van der Waals surface area contributed by atoms with Crippen molar-refractivity contribution in [1.82, 2.24) is 5.43 Å². The molecule has 2 N–H and O–H groups in total. The summed E-state index contributed by atoms with van der Waals surface area (Å²) in [6.45, 7) is 0. The van der Waals surface area contributed by atoms with Crippen molar-refractivity contribution in [2.75, 3.05) is 12.5 Å². The van der Waals surface area contributed by atoms with Crippen LogP contribution >= 0.6 is 34.8 Å². The van der Waals surface area contributed by atoms with E-state index in [1.165, 1.54) is 12.1 Å². The average Bonchev–Trinajstić information content (AvgIpc) is 2.46. The van der Waals surface area contributed by atoms with E-state index in [0.717, 1.165) is 5.56 Å². The van der Waals surface area contributed by atoms with Crippen LogP contribution in [-0.4, -0.2) is 13.0 Å². The highest BCUT2D eigenvalue weighted by molar-refractivity contribution is 6.41. The van der Waals surface area contributed by atoms with Gasteiger partial charge in [-0.05, 0) is 29.8 Å². The molecule has 0 aromatic heterocycles. The molecule has 0 aliphatic heterocycles. The highest BCUT2D eigenvalue weighted by Crippen LogP contribution is 2.33. The third-order valence-electron chi connectivity index (χ3n) is 2.83. The van der Waals surface area contributed by atoms with Gasteiger partial charge in [0.15, 0.2) is 0 Å². The number of rotatable bonds is 5. The van der Waals surface area contributed by atoms with Gasteiger partial charge in [0.1, 0.15) is 5.75 Å². The Morgan fingerprint density at radius 1 is 1.14 bits per heavy atom. The van der Waals surface area contributed by atoms with Crippen LogP contribution in [0, 0.1) is 0 Å². The minimum atomic E-state index is -0.240. The lowest BCUT2D eigenvalue weighted by Crippen LogP contribution is -2.31. The maximum absolute atomic E-state index is 11.9. The molecule has 0 atom stereocenters. The summed E-state index contributed by atoms with van der Waals surface area (Å²) in [5.74, 6) is 0.456. The van der Waals surface area contributed by atoms with Crippen molar-refractivity contribution in [2.45, 2.75) is 6.42 Å². The summed E-state index contributed by atoms with van der Waals surface area (Å²) in [7, 11) is 1.57. The second-order valence-electron chi connectivity index (χ2n) is 4.45. The fourth-order valence-electron chi connectivity index (χ4n) is 1.81. The van der Waals surface area contributed by atoms with Crippen LogP contribution in [0.15, 0.2) is 36.4 Å². The molecule has 0 aliphatic carbocycles. The largest absolute Gasteiger partial charge is 0.497 e. The Morgan fingerprint density at radius 2 is 1.82 bits per heavy atom. The molecule has 1 amide bonds. The molecule has 0 bridgehead atoms. The number of hydrogen-bond acceptors (Lipinski definition) is 3. The number of halogens is 3. The van der Waals surface area contributed by atoms with Crippen molar-refractivity contribution >= 4 is 46.4 Å². The second-order valence-corrected chi connectivity index (χ2v) is 5.70. The fourth-order valence-corrected chi connectivity index (χ4v) is 2.72. The molecular weight excluding hydrogens is 347 g/mol. The first-order valence-corrected chi connectivity index (χ1v) is 7.45. The van der Waals surface area contributed by atoms with Gasteiger partial charge in [0.2, 0.25) is 5.91 Å². The Balaban J connectivity index is 1.98.